The predicted octanol–water partition coefficient (Wildman–Crippen LogP) is 1.66. The van der Waals surface area contributed by atoms with Gasteiger partial charge in [-0.05, 0) is 24.4 Å². The molecule has 8 heteroatoms. The molecule has 0 spiro atoms. The molecule has 0 atom stereocenters. The number of nitro groups is 1. The van der Waals surface area contributed by atoms with Crippen LogP contribution in [0.4, 0.5) is 5.69 Å². The van der Waals surface area contributed by atoms with Gasteiger partial charge in [-0.15, -0.1) is 0 Å². The first-order valence-electron chi connectivity index (χ1n) is 6.57. The van der Waals surface area contributed by atoms with E-state index in [1.165, 1.54) is 18.3 Å². The second-order valence-electron chi connectivity index (χ2n) is 4.32. The molecule has 1 aromatic carbocycles. The van der Waals surface area contributed by atoms with Crippen LogP contribution in [0.25, 0.3) is 0 Å². The molecule has 0 fully saturated rings. The van der Waals surface area contributed by atoms with E-state index in [2.05, 4.69) is 22.8 Å². The summed E-state index contributed by atoms with van der Waals surface area (Å²) in [5, 5.41) is 29.1. The van der Waals surface area contributed by atoms with E-state index in [-0.39, 0.29) is 0 Å². The summed E-state index contributed by atoms with van der Waals surface area (Å²) in [6, 6.07) is 3.77. The SMILES string of the molecule is CCCCCNC(=S)N/N=C\c1ccc([O-])c([N+](=O)[O-])c1. The quantitative estimate of drug-likeness (QED) is 0.261. The smallest absolute Gasteiger partial charge is 0.262 e. The maximum Gasteiger partial charge on any atom is 0.262 e. The molecule has 0 unspecified atom stereocenters. The molecule has 7 nitrogen and oxygen atoms in total. The van der Waals surface area contributed by atoms with Crippen molar-refractivity contribution in [2.45, 2.75) is 26.2 Å². The molecule has 0 radical (unpaired) electrons. The number of nitro benzene ring substituents is 1. The van der Waals surface area contributed by atoms with Crippen LogP contribution >= 0.6 is 12.2 Å². The fraction of sp³-hybridized carbons (Fsp3) is 0.385. The lowest BCUT2D eigenvalue weighted by Crippen LogP contribution is -2.32. The van der Waals surface area contributed by atoms with Gasteiger partial charge in [0, 0.05) is 18.2 Å². The van der Waals surface area contributed by atoms with E-state index in [0.29, 0.717) is 10.7 Å². The third-order valence-electron chi connectivity index (χ3n) is 2.63. The van der Waals surface area contributed by atoms with Gasteiger partial charge in [0.1, 0.15) is 0 Å². The molecule has 0 aliphatic rings. The molecule has 0 saturated carbocycles. The summed E-state index contributed by atoms with van der Waals surface area (Å²) in [5.41, 5.74) is 2.59. The molecular formula is C13H17N4O3S-. The maximum absolute atomic E-state index is 11.2. The lowest BCUT2D eigenvalue weighted by Gasteiger charge is -2.07. The Bertz CT molecular complexity index is 534. The number of unbranched alkanes of at least 4 members (excludes halogenated alkanes) is 2. The van der Waals surface area contributed by atoms with Crippen molar-refractivity contribution in [1.82, 2.24) is 10.7 Å². The highest BCUT2D eigenvalue weighted by atomic mass is 32.1. The van der Waals surface area contributed by atoms with Crippen molar-refractivity contribution in [2.75, 3.05) is 6.54 Å². The summed E-state index contributed by atoms with van der Waals surface area (Å²) in [4.78, 5) is 9.93. The summed E-state index contributed by atoms with van der Waals surface area (Å²) in [5.74, 6) is -0.627. The topological polar surface area (TPSA) is 103 Å². The van der Waals surface area contributed by atoms with E-state index < -0.39 is 16.4 Å². The predicted molar refractivity (Wildman–Crippen MR) is 83.4 cm³/mol. The lowest BCUT2D eigenvalue weighted by atomic mass is 10.2. The van der Waals surface area contributed by atoms with Gasteiger partial charge in [0.2, 0.25) is 0 Å². The first kappa shape index (κ1) is 16.8. The second kappa shape index (κ2) is 8.85. The van der Waals surface area contributed by atoms with Gasteiger partial charge in [-0.2, -0.15) is 5.10 Å². The number of nitrogens with one attached hydrogen (secondary N) is 2. The molecule has 1 aromatic rings. The molecule has 0 aromatic heterocycles. The zero-order chi connectivity index (χ0) is 15.7. The van der Waals surface area contributed by atoms with Crippen molar-refractivity contribution < 1.29 is 10.0 Å². The highest BCUT2D eigenvalue weighted by Gasteiger charge is 2.06. The van der Waals surface area contributed by atoms with E-state index >= 15 is 0 Å². The summed E-state index contributed by atoms with van der Waals surface area (Å²) < 4.78 is 0. The van der Waals surface area contributed by atoms with Crippen molar-refractivity contribution in [2.24, 2.45) is 5.10 Å². The van der Waals surface area contributed by atoms with E-state index in [0.717, 1.165) is 31.9 Å². The molecule has 0 bridgehead atoms. The zero-order valence-electron chi connectivity index (χ0n) is 11.7. The molecular weight excluding hydrogens is 292 g/mol. The van der Waals surface area contributed by atoms with Crippen LogP contribution in [0.2, 0.25) is 0 Å². The first-order valence-corrected chi connectivity index (χ1v) is 6.97. The summed E-state index contributed by atoms with van der Waals surface area (Å²) >= 11 is 5.01. The van der Waals surface area contributed by atoms with Gasteiger partial charge < -0.3 is 10.4 Å². The Morgan fingerprint density at radius 1 is 1.48 bits per heavy atom. The Labute approximate surface area is 128 Å². The van der Waals surface area contributed by atoms with Gasteiger partial charge in [0.15, 0.2) is 5.11 Å². The Hall–Kier alpha value is -2.22. The Balaban J connectivity index is 2.48. The van der Waals surface area contributed by atoms with Gasteiger partial charge in [-0.3, -0.25) is 15.5 Å². The van der Waals surface area contributed by atoms with Crippen LogP contribution in [-0.4, -0.2) is 22.8 Å². The van der Waals surface area contributed by atoms with Crippen LogP contribution in [-0.2, 0) is 0 Å². The minimum Gasteiger partial charge on any atom is -0.868 e. The molecule has 0 aliphatic carbocycles. The summed E-state index contributed by atoms with van der Waals surface area (Å²) in [7, 11) is 0. The fourth-order valence-electron chi connectivity index (χ4n) is 1.54. The second-order valence-corrected chi connectivity index (χ2v) is 4.73. The third-order valence-corrected chi connectivity index (χ3v) is 2.86. The highest BCUT2D eigenvalue weighted by Crippen LogP contribution is 2.22. The minimum atomic E-state index is -0.715. The average Bonchev–Trinajstić information content (AvgIpc) is 2.45. The van der Waals surface area contributed by atoms with Crippen LogP contribution in [0.15, 0.2) is 23.3 Å². The highest BCUT2D eigenvalue weighted by molar-refractivity contribution is 7.80. The van der Waals surface area contributed by atoms with Crippen LogP contribution in [0, 0.1) is 10.1 Å². The molecule has 0 amide bonds. The van der Waals surface area contributed by atoms with Gasteiger partial charge in [-0.25, -0.2) is 0 Å². The number of hydrogen-bond acceptors (Lipinski definition) is 5. The van der Waals surface area contributed by atoms with Crippen molar-refractivity contribution in [3.63, 3.8) is 0 Å². The number of nitrogens with zero attached hydrogens (tertiary/aromatic N) is 2. The number of benzene rings is 1. The van der Waals surface area contributed by atoms with Crippen LogP contribution in [0.1, 0.15) is 31.7 Å². The Morgan fingerprint density at radius 3 is 2.90 bits per heavy atom. The number of rotatable bonds is 7. The van der Waals surface area contributed by atoms with Crippen LogP contribution in [0.5, 0.6) is 5.75 Å². The van der Waals surface area contributed by atoms with Crippen molar-refractivity contribution in [3.05, 3.63) is 33.9 Å². The van der Waals surface area contributed by atoms with E-state index in [4.69, 9.17) is 12.2 Å². The van der Waals surface area contributed by atoms with Crippen LogP contribution in [0.3, 0.4) is 0 Å². The van der Waals surface area contributed by atoms with Gasteiger partial charge in [-0.1, -0.05) is 31.9 Å². The standard InChI is InChI=1S/C13H18N4O3S/c1-2-3-4-7-14-13(21)16-15-9-10-5-6-12(18)11(8-10)17(19)20/h5-6,8-9,18H,2-4,7H2,1H3,(H2,14,16,21)/p-1/b15-9-. The van der Waals surface area contributed by atoms with Gasteiger partial charge >= 0.3 is 0 Å². The van der Waals surface area contributed by atoms with Crippen LogP contribution < -0.4 is 15.8 Å². The fourth-order valence-corrected chi connectivity index (χ4v) is 1.69. The maximum atomic E-state index is 11.2. The normalized spacial score (nSPS) is 10.5. The Morgan fingerprint density at radius 2 is 2.24 bits per heavy atom. The van der Waals surface area contributed by atoms with E-state index in [1.807, 2.05) is 0 Å². The van der Waals surface area contributed by atoms with Crippen molar-refractivity contribution in [1.29, 1.82) is 0 Å². The summed E-state index contributed by atoms with van der Waals surface area (Å²) in [6.07, 6.45) is 4.66. The lowest BCUT2D eigenvalue weighted by molar-refractivity contribution is -0.398. The van der Waals surface area contributed by atoms with Gasteiger partial charge in [0.25, 0.3) is 5.69 Å². The minimum absolute atomic E-state index is 0.386. The number of thiocarbonyl (C=S) groups is 1. The van der Waals surface area contributed by atoms with Crippen molar-refractivity contribution in [3.8, 4) is 5.75 Å². The van der Waals surface area contributed by atoms with Gasteiger partial charge in [0.05, 0.1) is 11.1 Å². The first-order chi connectivity index (χ1) is 10.0. The average molecular weight is 309 g/mol. The molecule has 21 heavy (non-hydrogen) atoms. The zero-order valence-corrected chi connectivity index (χ0v) is 12.5. The van der Waals surface area contributed by atoms with E-state index in [9.17, 15) is 15.2 Å². The molecule has 0 saturated heterocycles. The molecule has 0 heterocycles. The van der Waals surface area contributed by atoms with Crippen molar-refractivity contribution >= 4 is 29.2 Å². The molecule has 0 aliphatic heterocycles. The number of hydrogen-bond donors (Lipinski definition) is 2. The molecule has 2 N–H and O–H groups in total. The third kappa shape index (κ3) is 6.17. The molecule has 1 rings (SSSR count). The largest absolute Gasteiger partial charge is 0.868 e. The number of hydrazone groups is 1. The van der Waals surface area contributed by atoms with E-state index in [1.54, 1.807) is 0 Å². The summed E-state index contributed by atoms with van der Waals surface area (Å²) in [6.45, 7) is 2.89. The molecule has 114 valence electrons. The monoisotopic (exact) mass is 309 g/mol. The Kier molecular flexibility index (Phi) is 7.10.